The molecular weight excluding hydrogens is 331 g/mol. The van der Waals surface area contributed by atoms with Crippen molar-refractivity contribution >= 4 is 13.6 Å². The molecule has 1 atom stereocenters. The van der Waals surface area contributed by atoms with E-state index in [9.17, 15) is 14.5 Å². The maximum Gasteiger partial charge on any atom is 0.371 e. The third kappa shape index (κ3) is 5.01. The lowest BCUT2D eigenvalue weighted by molar-refractivity contribution is -0.147. The highest BCUT2D eigenvalue weighted by molar-refractivity contribution is 7.55. The van der Waals surface area contributed by atoms with Crippen LogP contribution < -0.4 is 0 Å². The van der Waals surface area contributed by atoms with Crippen molar-refractivity contribution in [2.24, 2.45) is 0 Å². The lowest BCUT2D eigenvalue weighted by atomic mass is 10.2. The minimum atomic E-state index is -4.13. The van der Waals surface area contributed by atoms with Gasteiger partial charge in [-0.25, -0.2) is 4.79 Å². The van der Waals surface area contributed by atoms with Gasteiger partial charge in [-0.05, 0) is 11.1 Å². The number of hydrogen-bond acceptors (Lipinski definition) is 6. The number of methoxy groups -OCH3 is 1. The Bertz CT molecular complexity index is 641. The Morgan fingerprint density at radius 1 is 0.958 bits per heavy atom. The Labute approximate surface area is 140 Å². The van der Waals surface area contributed by atoms with Crippen molar-refractivity contribution in [1.82, 2.24) is 0 Å². The van der Waals surface area contributed by atoms with Crippen LogP contribution in [0.4, 0.5) is 0 Å². The van der Waals surface area contributed by atoms with Gasteiger partial charge in [-0.15, -0.1) is 0 Å². The molecule has 0 saturated carbocycles. The van der Waals surface area contributed by atoms with Gasteiger partial charge in [0.2, 0.25) is 0 Å². The van der Waals surface area contributed by atoms with Crippen molar-refractivity contribution < 1.29 is 28.3 Å². The predicted molar refractivity (Wildman–Crippen MR) is 88.1 cm³/mol. The number of rotatable bonds is 8. The van der Waals surface area contributed by atoms with E-state index >= 15 is 0 Å². The van der Waals surface area contributed by atoms with E-state index in [2.05, 4.69) is 4.74 Å². The van der Waals surface area contributed by atoms with Gasteiger partial charge in [0, 0.05) is 0 Å². The number of aliphatic hydroxyl groups is 1. The van der Waals surface area contributed by atoms with Gasteiger partial charge in [0.15, 0.2) is 0 Å². The first-order valence-corrected chi connectivity index (χ1v) is 8.89. The first-order valence-electron chi connectivity index (χ1n) is 7.28. The van der Waals surface area contributed by atoms with Crippen LogP contribution in [-0.4, -0.2) is 24.0 Å². The summed E-state index contributed by atoms with van der Waals surface area (Å²) in [5.41, 5.74) is 1.47. The molecule has 1 N–H and O–H groups in total. The summed E-state index contributed by atoms with van der Waals surface area (Å²) in [6.45, 7) is -0.137. The molecule has 0 radical (unpaired) electrons. The molecule has 2 aromatic rings. The Kier molecular flexibility index (Phi) is 6.70. The topological polar surface area (TPSA) is 82.1 Å². The number of aliphatic hydroxyl groups excluding tert-OH is 1. The highest BCUT2D eigenvalue weighted by Gasteiger charge is 2.41. The number of esters is 1. The van der Waals surface area contributed by atoms with Crippen molar-refractivity contribution in [3.8, 4) is 0 Å². The number of ether oxygens (including phenoxy) is 1. The molecule has 0 aliphatic heterocycles. The number of benzene rings is 2. The summed E-state index contributed by atoms with van der Waals surface area (Å²) in [5, 5.41) is 10.0. The van der Waals surface area contributed by atoms with Crippen LogP contribution in [0.5, 0.6) is 0 Å². The zero-order valence-electron chi connectivity index (χ0n) is 13.2. The van der Waals surface area contributed by atoms with E-state index in [0.717, 1.165) is 18.2 Å². The van der Waals surface area contributed by atoms with E-state index in [4.69, 9.17) is 9.05 Å². The predicted octanol–water partition coefficient (Wildman–Crippen LogP) is 3.10. The van der Waals surface area contributed by atoms with Gasteiger partial charge in [0.1, 0.15) is 0 Å². The van der Waals surface area contributed by atoms with Crippen LogP contribution in [-0.2, 0) is 36.4 Å². The van der Waals surface area contributed by atoms with Crippen LogP contribution >= 0.6 is 7.60 Å². The van der Waals surface area contributed by atoms with Gasteiger partial charge < -0.3 is 18.9 Å². The van der Waals surface area contributed by atoms with Gasteiger partial charge in [-0.2, -0.15) is 0 Å². The van der Waals surface area contributed by atoms with Crippen LogP contribution in [0.1, 0.15) is 11.1 Å². The second kappa shape index (κ2) is 8.76. The molecular formula is C17H19O6P. The zero-order chi connectivity index (χ0) is 17.4. The Hall–Kier alpha value is -1.98. The molecule has 0 aliphatic carbocycles. The second-order valence-electron chi connectivity index (χ2n) is 4.95. The number of hydrogen-bond donors (Lipinski definition) is 1. The molecule has 1 unspecified atom stereocenters. The number of carbonyl (C=O) groups is 1. The molecule has 6 nitrogen and oxygen atoms in total. The molecule has 7 heteroatoms. The third-order valence-corrected chi connectivity index (χ3v) is 5.01. The standard InChI is InChI=1S/C17H19O6P/c1-21-16(18)17(19)24(20,22-12-14-8-4-2-5-9-14)23-13-15-10-6-3-7-11-15/h2-11,17,19H,12-13H2,1H3. The molecule has 0 heterocycles. The van der Waals surface area contributed by atoms with Crippen LogP contribution in [0.2, 0.25) is 0 Å². The molecule has 2 rings (SSSR count). The summed E-state index contributed by atoms with van der Waals surface area (Å²) >= 11 is 0. The molecule has 128 valence electrons. The Balaban J connectivity index is 2.11. The van der Waals surface area contributed by atoms with E-state index < -0.39 is 19.4 Å². The lowest BCUT2D eigenvalue weighted by Crippen LogP contribution is -2.24. The lowest BCUT2D eigenvalue weighted by Gasteiger charge is -2.22. The minimum absolute atomic E-state index is 0.0685. The van der Waals surface area contributed by atoms with Crippen molar-refractivity contribution in [2.75, 3.05) is 7.11 Å². The quantitative estimate of drug-likeness (QED) is 0.582. The highest BCUT2D eigenvalue weighted by atomic mass is 31.2. The monoisotopic (exact) mass is 350 g/mol. The summed E-state index contributed by atoms with van der Waals surface area (Å²) in [6, 6.07) is 17.9. The van der Waals surface area contributed by atoms with E-state index in [0.29, 0.717) is 0 Å². The van der Waals surface area contributed by atoms with Crippen molar-refractivity contribution in [3.63, 3.8) is 0 Å². The summed E-state index contributed by atoms with van der Waals surface area (Å²) in [6.07, 6.45) is 0. The van der Waals surface area contributed by atoms with Gasteiger partial charge in [-0.1, -0.05) is 60.7 Å². The van der Waals surface area contributed by atoms with E-state index in [1.54, 1.807) is 48.5 Å². The third-order valence-electron chi connectivity index (χ3n) is 3.22. The SMILES string of the molecule is COC(=O)C(O)P(=O)(OCc1ccccc1)OCc1ccccc1. The van der Waals surface area contributed by atoms with Crippen LogP contribution in [0.25, 0.3) is 0 Å². The van der Waals surface area contributed by atoms with Gasteiger partial charge >= 0.3 is 13.6 Å². The smallest absolute Gasteiger partial charge is 0.371 e. The first-order chi connectivity index (χ1) is 11.5. The largest absolute Gasteiger partial charge is 0.467 e. The Morgan fingerprint density at radius 2 is 1.38 bits per heavy atom. The van der Waals surface area contributed by atoms with Crippen LogP contribution in [0.15, 0.2) is 60.7 Å². The molecule has 0 amide bonds. The van der Waals surface area contributed by atoms with Crippen molar-refractivity contribution in [2.45, 2.75) is 19.1 Å². The second-order valence-corrected chi connectivity index (χ2v) is 7.04. The summed E-state index contributed by atoms with van der Waals surface area (Å²) < 4.78 is 27.9. The average molecular weight is 350 g/mol. The fourth-order valence-electron chi connectivity index (χ4n) is 1.89. The van der Waals surface area contributed by atoms with Gasteiger partial charge in [0.05, 0.1) is 20.3 Å². The molecule has 0 aliphatic rings. The molecule has 0 aromatic heterocycles. The normalized spacial score (nSPS) is 12.6. The summed E-state index contributed by atoms with van der Waals surface area (Å²) in [7, 11) is -3.05. The highest BCUT2D eigenvalue weighted by Crippen LogP contribution is 2.53. The molecule has 0 bridgehead atoms. The van der Waals surface area contributed by atoms with Crippen molar-refractivity contribution in [1.29, 1.82) is 0 Å². The maximum atomic E-state index is 12.9. The fraction of sp³-hybridized carbons (Fsp3) is 0.235. The maximum absolute atomic E-state index is 12.9. The van der Waals surface area contributed by atoms with E-state index in [1.165, 1.54) is 0 Å². The van der Waals surface area contributed by atoms with E-state index in [-0.39, 0.29) is 13.2 Å². The first kappa shape index (κ1) is 18.4. The molecule has 0 saturated heterocycles. The molecule has 0 spiro atoms. The van der Waals surface area contributed by atoms with Crippen LogP contribution in [0, 0.1) is 0 Å². The van der Waals surface area contributed by atoms with Crippen molar-refractivity contribution in [3.05, 3.63) is 71.8 Å². The molecule has 24 heavy (non-hydrogen) atoms. The van der Waals surface area contributed by atoms with Gasteiger partial charge in [-0.3, -0.25) is 4.57 Å². The molecule has 0 fully saturated rings. The zero-order valence-corrected chi connectivity index (χ0v) is 14.1. The number of carbonyl (C=O) groups excluding carboxylic acids is 1. The fourth-order valence-corrected chi connectivity index (χ4v) is 3.27. The average Bonchev–Trinajstić information content (AvgIpc) is 2.65. The van der Waals surface area contributed by atoms with Crippen LogP contribution in [0.3, 0.4) is 0 Å². The minimum Gasteiger partial charge on any atom is -0.467 e. The summed E-state index contributed by atoms with van der Waals surface area (Å²) in [5.74, 6) is -3.07. The molecule has 2 aromatic carbocycles. The Morgan fingerprint density at radius 3 is 1.75 bits per heavy atom. The summed E-state index contributed by atoms with van der Waals surface area (Å²) in [4.78, 5) is 11.6. The van der Waals surface area contributed by atoms with Gasteiger partial charge in [0.25, 0.3) is 5.85 Å². The van der Waals surface area contributed by atoms with E-state index in [1.807, 2.05) is 12.1 Å².